The third kappa shape index (κ3) is 6.12. The Hall–Kier alpha value is -0.130. The van der Waals surface area contributed by atoms with Crippen molar-refractivity contribution in [3.63, 3.8) is 0 Å². The van der Waals surface area contributed by atoms with E-state index in [4.69, 9.17) is 4.74 Å². The Kier molecular flexibility index (Phi) is 7.13. The largest absolute Gasteiger partial charge is 0.384 e. The molecule has 0 spiro atoms. The van der Waals surface area contributed by atoms with Crippen molar-refractivity contribution < 1.29 is 13.2 Å². The smallest absolute Gasteiger partial charge is 0.155 e. The quantitative estimate of drug-likeness (QED) is 0.679. The molecule has 0 saturated carbocycles. The molecule has 2 atom stereocenters. The molecule has 0 heterocycles. The van der Waals surface area contributed by atoms with Crippen LogP contribution in [0.3, 0.4) is 0 Å². The van der Waals surface area contributed by atoms with Crippen LogP contribution in [-0.4, -0.2) is 45.7 Å². The first kappa shape index (κ1) is 14.9. The first-order chi connectivity index (χ1) is 6.94. The van der Waals surface area contributed by atoms with E-state index in [-0.39, 0.29) is 23.7 Å². The summed E-state index contributed by atoms with van der Waals surface area (Å²) < 4.78 is 28.2. The predicted molar refractivity (Wildman–Crippen MR) is 62.9 cm³/mol. The van der Waals surface area contributed by atoms with Gasteiger partial charge in [0.2, 0.25) is 0 Å². The second-order valence-electron chi connectivity index (χ2n) is 3.86. The van der Waals surface area contributed by atoms with Gasteiger partial charge in [0, 0.05) is 13.2 Å². The van der Waals surface area contributed by atoms with E-state index in [1.54, 1.807) is 6.92 Å². The molecule has 4 nitrogen and oxygen atoms in total. The summed E-state index contributed by atoms with van der Waals surface area (Å²) in [4.78, 5) is 0. The summed E-state index contributed by atoms with van der Waals surface area (Å²) in [6, 6.07) is 0.238. The Labute approximate surface area is 93.3 Å². The fraction of sp³-hybridized carbons (Fsp3) is 1.00. The van der Waals surface area contributed by atoms with Crippen molar-refractivity contribution in [1.82, 2.24) is 5.32 Å². The highest BCUT2D eigenvalue weighted by molar-refractivity contribution is 7.92. The van der Waals surface area contributed by atoms with Gasteiger partial charge in [0.15, 0.2) is 9.84 Å². The van der Waals surface area contributed by atoms with Crippen LogP contribution in [0.15, 0.2) is 0 Å². The fourth-order valence-electron chi connectivity index (χ4n) is 1.48. The Morgan fingerprint density at radius 2 is 1.93 bits per heavy atom. The molecule has 92 valence electrons. The lowest BCUT2D eigenvalue weighted by Gasteiger charge is -2.18. The Morgan fingerprint density at radius 1 is 1.33 bits per heavy atom. The molecule has 0 fully saturated rings. The molecule has 0 rings (SSSR count). The first-order valence-electron chi connectivity index (χ1n) is 5.38. The van der Waals surface area contributed by atoms with Crippen LogP contribution in [0.25, 0.3) is 0 Å². The third-order valence-corrected chi connectivity index (χ3v) is 4.58. The van der Waals surface area contributed by atoms with E-state index < -0.39 is 9.84 Å². The minimum absolute atomic E-state index is 0.115. The molecule has 0 aliphatic heterocycles. The highest BCUT2D eigenvalue weighted by atomic mass is 32.2. The SMILES string of the molecule is CCNC(C)CC(C)S(=O)(=O)CCOC. The van der Waals surface area contributed by atoms with E-state index in [0.717, 1.165) is 6.54 Å². The number of hydrogen-bond donors (Lipinski definition) is 1. The highest BCUT2D eigenvalue weighted by Gasteiger charge is 2.22. The van der Waals surface area contributed by atoms with Crippen molar-refractivity contribution in [3.05, 3.63) is 0 Å². The molecule has 0 aromatic rings. The predicted octanol–water partition coefficient (Wildman–Crippen LogP) is 0.824. The van der Waals surface area contributed by atoms with Gasteiger partial charge in [-0.25, -0.2) is 8.42 Å². The Bertz CT molecular complexity index is 251. The Balaban J connectivity index is 4.12. The van der Waals surface area contributed by atoms with Gasteiger partial charge in [-0.15, -0.1) is 0 Å². The van der Waals surface area contributed by atoms with E-state index in [1.165, 1.54) is 7.11 Å². The van der Waals surface area contributed by atoms with Gasteiger partial charge in [-0.2, -0.15) is 0 Å². The van der Waals surface area contributed by atoms with Crippen LogP contribution in [0, 0.1) is 0 Å². The molecule has 0 radical (unpaired) electrons. The van der Waals surface area contributed by atoms with Crippen molar-refractivity contribution in [2.75, 3.05) is 26.0 Å². The Morgan fingerprint density at radius 3 is 2.40 bits per heavy atom. The molecule has 0 aliphatic carbocycles. The number of nitrogens with one attached hydrogen (secondary N) is 1. The van der Waals surface area contributed by atoms with Gasteiger partial charge in [-0.3, -0.25) is 0 Å². The number of ether oxygens (including phenoxy) is 1. The minimum atomic E-state index is -3.00. The molecule has 5 heteroatoms. The second-order valence-corrected chi connectivity index (χ2v) is 6.40. The molecule has 0 saturated heterocycles. The number of sulfone groups is 1. The summed E-state index contributed by atoms with van der Waals surface area (Å²) in [5.41, 5.74) is 0. The topological polar surface area (TPSA) is 55.4 Å². The summed E-state index contributed by atoms with van der Waals surface area (Å²) in [7, 11) is -1.49. The van der Waals surface area contributed by atoms with Gasteiger partial charge in [0.05, 0.1) is 17.6 Å². The average Bonchev–Trinajstić information content (AvgIpc) is 2.15. The summed E-state index contributed by atoms with van der Waals surface area (Å²) >= 11 is 0. The number of rotatable bonds is 8. The van der Waals surface area contributed by atoms with Crippen LogP contribution in [0.2, 0.25) is 0 Å². The van der Waals surface area contributed by atoms with Crippen LogP contribution in [0.4, 0.5) is 0 Å². The molecule has 0 bridgehead atoms. The summed E-state index contributed by atoms with van der Waals surface area (Å²) in [5.74, 6) is 0.115. The van der Waals surface area contributed by atoms with Gasteiger partial charge in [-0.1, -0.05) is 6.92 Å². The summed E-state index contributed by atoms with van der Waals surface area (Å²) in [5, 5.41) is 2.90. The van der Waals surface area contributed by atoms with E-state index in [1.807, 2.05) is 13.8 Å². The van der Waals surface area contributed by atoms with Crippen molar-refractivity contribution in [3.8, 4) is 0 Å². The molecule has 0 aromatic heterocycles. The third-order valence-electron chi connectivity index (χ3n) is 2.42. The zero-order valence-corrected chi connectivity index (χ0v) is 10.9. The normalized spacial score (nSPS) is 16.3. The second kappa shape index (κ2) is 7.19. The van der Waals surface area contributed by atoms with E-state index in [0.29, 0.717) is 6.42 Å². The maximum Gasteiger partial charge on any atom is 0.155 e. The standard InChI is InChI=1S/C10H23NO3S/c1-5-11-9(2)8-10(3)15(12,13)7-6-14-4/h9-11H,5-8H2,1-4H3. The molecule has 0 amide bonds. The molecule has 0 aliphatic rings. The monoisotopic (exact) mass is 237 g/mol. The van der Waals surface area contributed by atoms with Gasteiger partial charge < -0.3 is 10.1 Å². The lowest BCUT2D eigenvalue weighted by molar-refractivity contribution is 0.217. The van der Waals surface area contributed by atoms with Crippen LogP contribution >= 0.6 is 0 Å². The van der Waals surface area contributed by atoms with Crippen LogP contribution in [0.5, 0.6) is 0 Å². The molecule has 15 heavy (non-hydrogen) atoms. The van der Waals surface area contributed by atoms with E-state index >= 15 is 0 Å². The first-order valence-corrected chi connectivity index (χ1v) is 7.09. The zero-order valence-electron chi connectivity index (χ0n) is 10.1. The van der Waals surface area contributed by atoms with E-state index in [2.05, 4.69) is 5.32 Å². The molecule has 0 aromatic carbocycles. The van der Waals surface area contributed by atoms with Crippen LogP contribution < -0.4 is 5.32 Å². The lowest BCUT2D eigenvalue weighted by Crippen LogP contribution is -2.33. The summed E-state index contributed by atoms with van der Waals surface area (Å²) in [6.45, 7) is 6.93. The molecule has 2 unspecified atom stereocenters. The fourth-order valence-corrected chi connectivity index (χ4v) is 2.86. The highest BCUT2D eigenvalue weighted by Crippen LogP contribution is 2.09. The van der Waals surface area contributed by atoms with E-state index in [9.17, 15) is 8.42 Å². The van der Waals surface area contributed by atoms with Crippen molar-refractivity contribution >= 4 is 9.84 Å². The average molecular weight is 237 g/mol. The van der Waals surface area contributed by atoms with Gasteiger partial charge in [0.1, 0.15) is 0 Å². The minimum Gasteiger partial charge on any atom is -0.384 e. The number of hydrogen-bond acceptors (Lipinski definition) is 4. The maximum atomic E-state index is 11.7. The summed E-state index contributed by atoms with van der Waals surface area (Å²) in [6.07, 6.45) is 0.653. The number of methoxy groups -OCH3 is 1. The molecular formula is C10H23NO3S. The molecular weight excluding hydrogens is 214 g/mol. The van der Waals surface area contributed by atoms with Crippen molar-refractivity contribution in [2.45, 2.75) is 38.5 Å². The van der Waals surface area contributed by atoms with Gasteiger partial charge in [0.25, 0.3) is 0 Å². The lowest BCUT2D eigenvalue weighted by atomic mass is 10.2. The van der Waals surface area contributed by atoms with Gasteiger partial charge in [-0.05, 0) is 26.8 Å². The van der Waals surface area contributed by atoms with Crippen molar-refractivity contribution in [2.24, 2.45) is 0 Å². The van der Waals surface area contributed by atoms with Crippen LogP contribution in [0.1, 0.15) is 27.2 Å². The zero-order chi connectivity index (χ0) is 11.9. The molecule has 1 N–H and O–H groups in total. The van der Waals surface area contributed by atoms with Crippen molar-refractivity contribution in [1.29, 1.82) is 0 Å². The maximum absolute atomic E-state index is 11.7. The van der Waals surface area contributed by atoms with Gasteiger partial charge >= 0.3 is 0 Å². The van der Waals surface area contributed by atoms with Crippen LogP contribution in [-0.2, 0) is 14.6 Å².